The van der Waals surface area contributed by atoms with Gasteiger partial charge in [-0.3, -0.25) is 0 Å². The van der Waals surface area contributed by atoms with Gasteiger partial charge in [-0.15, -0.1) is 0 Å². The quantitative estimate of drug-likeness (QED) is 0.524. The Morgan fingerprint density at radius 2 is 1.47 bits per heavy atom. The van der Waals surface area contributed by atoms with E-state index in [1.165, 1.54) is 12.1 Å². The number of carboxylic acid groups (broad SMARTS) is 1. The molecule has 3 aromatic rings. The number of benzene rings is 2. The van der Waals surface area contributed by atoms with Crippen molar-refractivity contribution in [2.75, 3.05) is 0 Å². The van der Waals surface area contributed by atoms with Crippen LogP contribution in [0.1, 0.15) is 0 Å². The molecule has 1 aromatic heterocycles. The van der Waals surface area contributed by atoms with Crippen molar-refractivity contribution in [1.29, 1.82) is 0 Å². The lowest BCUT2D eigenvalue weighted by Crippen LogP contribution is -2.26. The van der Waals surface area contributed by atoms with Gasteiger partial charge in [0.1, 0.15) is 11.0 Å². The van der Waals surface area contributed by atoms with Crippen molar-refractivity contribution in [3.05, 3.63) is 54.6 Å². The van der Waals surface area contributed by atoms with Gasteiger partial charge in [-0.05, 0) is 24.3 Å². The average molecular weight is 256 g/mol. The minimum Gasteiger partial charge on any atom is -0.514 e. The predicted molar refractivity (Wildman–Crippen MR) is 66.4 cm³/mol. The van der Waals surface area contributed by atoms with E-state index >= 15 is 0 Å². The lowest BCUT2D eigenvalue weighted by Gasteiger charge is -2.05. The van der Waals surface area contributed by atoms with Crippen LogP contribution in [0.3, 0.4) is 0 Å². The molecule has 0 aliphatic heterocycles. The van der Waals surface area contributed by atoms with Gasteiger partial charge < -0.3 is 14.6 Å². The van der Waals surface area contributed by atoms with E-state index in [2.05, 4.69) is 20.1 Å². The van der Waals surface area contributed by atoms with Crippen molar-refractivity contribution in [2.45, 2.75) is 0 Å². The zero-order chi connectivity index (χ0) is 13.5. The van der Waals surface area contributed by atoms with Crippen LogP contribution in [0.25, 0.3) is 11.0 Å². The number of carbonyl (C=O) groups is 1. The first-order chi connectivity index (χ1) is 9.25. The van der Waals surface area contributed by atoms with Crippen molar-refractivity contribution >= 4 is 17.2 Å². The summed E-state index contributed by atoms with van der Waals surface area (Å²) in [6, 6.07) is 15.9. The van der Waals surface area contributed by atoms with Crippen LogP contribution in [0, 0.1) is 0 Å². The molecule has 1 heterocycles. The molecule has 0 saturated carbocycles. The maximum Gasteiger partial charge on any atom is 0.257 e. The number of hydrogen-bond acceptors (Lipinski definition) is 5. The fourth-order valence-corrected chi connectivity index (χ4v) is 1.37. The summed E-state index contributed by atoms with van der Waals surface area (Å²) >= 11 is 0. The molecule has 0 spiro atoms. The molecule has 0 fully saturated rings. The molecule has 0 bridgehead atoms. The van der Waals surface area contributed by atoms with Crippen molar-refractivity contribution in [3.8, 4) is 5.75 Å². The lowest BCUT2D eigenvalue weighted by atomic mass is 10.3. The highest BCUT2D eigenvalue weighted by atomic mass is 16.7. The topological polar surface area (TPSA) is 90.9 Å². The molecule has 19 heavy (non-hydrogen) atoms. The van der Waals surface area contributed by atoms with Crippen molar-refractivity contribution in [1.82, 2.24) is 15.4 Å². The van der Waals surface area contributed by atoms with Crippen molar-refractivity contribution < 1.29 is 14.6 Å². The third kappa shape index (κ3) is 3.81. The molecule has 1 N–H and O–H groups in total. The molecule has 3 rings (SSSR count). The van der Waals surface area contributed by atoms with Gasteiger partial charge in [0.25, 0.3) is 6.16 Å². The van der Waals surface area contributed by atoms with Crippen LogP contribution in [-0.4, -0.2) is 21.6 Å². The number of nitrogens with one attached hydrogen (secondary N) is 1. The van der Waals surface area contributed by atoms with Crippen LogP contribution in [0.15, 0.2) is 54.6 Å². The summed E-state index contributed by atoms with van der Waals surface area (Å²) in [6.07, 6.45) is -1.54. The van der Waals surface area contributed by atoms with Gasteiger partial charge in [0.15, 0.2) is 0 Å². The molecule has 0 amide bonds. The minimum atomic E-state index is -1.54. The fourth-order valence-electron chi connectivity index (χ4n) is 1.37. The van der Waals surface area contributed by atoms with E-state index in [-0.39, 0.29) is 5.75 Å². The number of para-hydroxylation sites is 3. The molecule has 6 heteroatoms. The lowest BCUT2D eigenvalue weighted by molar-refractivity contribution is -0.271. The molecule has 6 nitrogen and oxygen atoms in total. The number of carbonyl (C=O) groups excluding carboxylic acids is 1. The maximum absolute atomic E-state index is 9.84. The Morgan fingerprint density at radius 1 is 0.947 bits per heavy atom. The molecular weight excluding hydrogens is 246 g/mol. The third-order valence-electron chi connectivity index (χ3n) is 2.17. The smallest absolute Gasteiger partial charge is 0.257 e. The number of ether oxygens (including phenoxy) is 1. The summed E-state index contributed by atoms with van der Waals surface area (Å²) in [5.41, 5.74) is 1.83. The monoisotopic (exact) mass is 256 g/mol. The Bertz CT molecular complexity index is 622. The second-order valence-corrected chi connectivity index (χ2v) is 3.48. The molecule has 0 aliphatic carbocycles. The molecule has 0 radical (unpaired) electrons. The number of nitrogens with zero attached hydrogens (tertiary/aromatic N) is 2. The van der Waals surface area contributed by atoms with Crippen LogP contribution in [0.5, 0.6) is 5.75 Å². The predicted octanol–water partition coefficient (Wildman–Crippen LogP) is 1.37. The number of hydrogen-bond donors (Lipinski definition) is 1. The summed E-state index contributed by atoms with van der Waals surface area (Å²) in [5, 5.41) is 20.1. The van der Waals surface area contributed by atoms with Crippen LogP contribution in [0.4, 0.5) is 4.79 Å². The van der Waals surface area contributed by atoms with Gasteiger partial charge in [-0.25, -0.2) is 0 Å². The average Bonchev–Trinajstić information content (AvgIpc) is 2.88. The van der Waals surface area contributed by atoms with Crippen LogP contribution >= 0.6 is 0 Å². The number of fused-ring (bicyclic) bond motifs is 1. The zero-order valence-electron chi connectivity index (χ0n) is 9.82. The van der Waals surface area contributed by atoms with Gasteiger partial charge in [-0.2, -0.15) is 15.4 Å². The van der Waals surface area contributed by atoms with Gasteiger partial charge >= 0.3 is 0 Å². The second-order valence-electron chi connectivity index (χ2n) is 3.48. The Balaban J connectivity index is 0.000000141. The Hall–Kier alpha value is -2.89. The van der Waals surface area contributed by atoms with Crippen molar-refractivity contribution in [2.24, 2.45) is 0 Å². The first-order valence-corrected chi connectivity index (χ1v) is 5.45. The normalized spacial score (nSPS) is 9.47. The molecule has 0 unspecified atom stereocenters. The number of H-pyrrole nitrogens is 1. The Kier molecular flexibility index (Phi) is 4.07. The Labute approximate surface area is 108 Å². The van der Waals surface area contributed by atoms with Gasteiger partial charge in [0, 0.05) is 0 Å². The van der Waals surface area contributed by atoms with Crippen LogP contribution in [0.2, 0.25) is 0 Å². The van der Waals surface area contributed by atoms with E-state index in [9.17, 15) is 9.90 Å². The van der Waals surface area contributed by atoms with E-state index in [4.69, 9.17) is 0 Å². The highest BCUT2D eigenvalue weighted by Crippen LogP contribution is 2.07. The summed E-state index contributed by atoms with van der Waals surface area (Å²) in [5.74, 6) is 0.280. The van der Waals surface area contributed by atoms with E-state index in [1.807, 2.05) is 24.3 Å². The molecule has 2 aromatic carbocycles. The summed E-state index contributed by atoms with van der Waals surface area (Å²) < 4.78 is 4.22. The Morgan fingerprint density at radius 3 is 2.00 bits per heavy atom. The summed E-state index contributed by atoms with van der Waals surface area (Å²) in [7, 11) is 0. The molecular formula is C13H10N3O3-. The maximum atomic E-state index is 9.84. The van der Waals surface area contributed by atoms with E-state index in [0.717, 1.165) is 11.0 Å². The van der Waals surface area contributed by atoms with E-state index in [0.29, 0.717) is 0 Å². The number of aromatic amines is 1. The second kappa shape index (κ2) is 6.15. The summed E-state index contributed by atoms with van der Waals surface area (Å²) in [4.78, 5) is 9.84. The zero-order valence-corrected chi connectivity index (χ0v) is 9.82. The molecule has 0 aliphatic rings. The number of aromatic nitrogens is 3. The van der Waals surface area contributed by atoms with Crippen LogP contribution < -0.4 is 9.84 Å². The van der Waals surface area contributed by atoms with E-state index in [1.54, 1.807) is 18.2 Å². The first-order valence-electron chi connectivity index (χ1n) is 5.45. The standard InChI is InChI=1S/C7H6O3.C6H5N3/c8-7(9)10-6-4-2-1-3-5-6;1-2-4-6-5(3-1)7-9-8-6/h1-5H,(H,8,9);1-4H,(H,7,8,9)/p-1. The highest BCUT2D eigenvalue weighted by Gasteiger charge is 1.90. The minimum absolute atomic E-state index is 0.280. The van der Waals surface area contributed by atoms with Gasteiger partial charge in [-0.1, -0.05) is 30.3 Å². The van der Waals surface area contributed by atoms with Crippen LogP contribution in [-0.2, 0) is 0 Å². The highest BCUT2D eigenvalue weighted by molar-refractivity contribution is 5.72. The SMILES string of the molecule is O=C([O-])Oc1ccccc1.c1ccc2n[nH]nc2c1. The first kappa shape index (κ1) is 12.6. The molecule has 0 saturated heterocycles. The summed E-state index contributed by atoms with van der Waals surface area (Å²) in [6.45, 7) is 0. The third-order valence-corrected chi connectivity index (χ3v) is 2.17. The van der Waals surface area contributed by atoms with E-state index < -0.39 is 6.16 Å². The fraction of sp³-hybridized carbons (Fsp3) is 0. The van der Waals surface area contributed by atoms with Crippen molar-refractivity contribution in [3.63, 3.8) is 0 Å². The van der Waals surface area contributed by atoms with Gasteiger partial charge in [0.05, 0.1) is 5.75 Å². The molecule has 0 atom stereocenters. The largest absolute Gasteiger partial charge is 0.514 e. The molecule has 96 valence electrons. The van der Waals surface area contributed by atoms with Gasteiger partial charge in [0.2, 0.25) is 0 Å². The number of rotatable bonds is 1.